The number of thiophene rings is 2. The maximum Gasteiger partial charge on any atom is 0.236 e. The van der Waals surface area contributed by atoms with E-state index in [1.807, 2.05) is 16.2 Å². The number of hydrogen-bond donors (Lipinski definition) is 1. The van der Waals surface area contributed by atoms with Crippen LogP contribution in [-0.4, -0.2) is 71.8 Å². The number of piperazine rings is 1. The van der Waals surface area contributed by atoms with E-state index in [0.29, 0.717) is 32.6 Å². The number of hydrogen-bond acceptors (Lipinski definition) is 6. The number of amides is 2. The summed E-state index contributed by atoms with van der Waals surface area (Å²) >= 11 is 3.59. The molecule has 0 radical (unpaired) electrons. The van der Waals surface area contributed by atoms with Gasteiger partial charge in [0.2, 0.25) is 11.8 Å². The van der Waals surface area contributed by atoms with Crippen LogP contribution in [0.15, 0.2) is 41.8 Å². The minimum absolute atomic E-state index is 0.0114. The second-order valence-corrected chi connectivity index (χ2v) is 14.3. The van der Waals surface area contributed by atoms with E-state index in [-0.39, 0.29) is 23.3 Å². The molecule has 1 aromatic carbocycles. The molecule has 0 aliphatic carbocycles. The lowest BCUT2D eigenvalue weighted by Gasteiger charge is -2.37. The van der Waals surface area contributed by atoms with Crippen molar-refractivity contribution in [2.24, 2.45) is 5.41 Å². The molecule has 1 fully saturated rings. The van der Waals surface area contributed by atoms with Gasteiger partial charge in [0.1, 0.15) is 0 Å². The number of carbonyl (C=O) groups is 2. The van der Waals surface area contributed by atoms with Gasteiger partial charge in [-0.2, -0.15) is 0 Å². The molecular formula is C31H44N4O2S2. The number of benzene rings is 1. The van der Waals surface area contributed by atoms with Gasteiger partial charge in [0.15, 0.2) is 0 Å². The first kappa shape index (κ1) is 29.7. The van der Waals surface area contributed by atoms with Gasteiger partial charge in [0, 0.05) is 68.5 Å². The monoisotopic (exact) mass is 568 g/mol. The summed E-state index contributed by atoms with van der Waals surface area (Å²) in [6.07, 6.45) is 1.33. The third kappa shape index (κ3) is 8.61. The van der Waals surface area contributed by atoms with E-state index in [1.54, 1.807) is 11.3 Å². The van der Waals surface area contributed by atoms with Crippen molar-refractivity contribution in [3.05, 3.63) is 57.8 Å². The average Bonchev–Trinajstić information content (AvgIpc) is 3.47. The van der Waals surface area contributed by atoms with E-state index in [1.165, 1.54) is 19.8 Å². The third-order valence-electron chi connectivity index (χ3n) is 7.22. The Balaban J connectivity index is 1.58. The molecule has 39 heavy (non-hydrogen) atoms. The molecule has 0 spiro atoms. The summed E-state index contributed by atoms with van der Waals surface area (Å²) in [4.78, 5) is 34.8. The van der Waals surface area contributed by atoms with Crippen molar-refractivity contribution in [3.8, 4) is 0 Å². The maximum absolute atomic E-state index is 13.8. The molecule has 1 aliphatic rings. The molecule has 0 bridgehead atoms. The third-order valence-corrected chi connectivity index (χ3v) is 9.42. The Morgan fingerprint density at radius 2 is 1.87 bits per heavy atom. The summed E-state index contributed by atoms with van der Waals surface area (Å²) in [7, 11) is 0. The maximum atomic E-state index is 13.8. The van der Waals surface area contributed by atoms with Gasteiger partial charge in [0.25, 0.3) is 0 Å². The molecule has 1 N–H and O–H groups in total. The Kier molecular flexibility index (Phi) is 10.2. The van der Waals surface area contributed by atoms with Crippen LogP contribution in [0, 0.1) is 12.3 Å². The van der Waals surface area contributed by atoms with E-state index >= 15 is 0 Å². The van der Waals surface area contributed by atoms with Crippen molar-refractivity contribution in [1.82, 2.24) is 20.0 Å². The minimum Gasteiger partial charge on any atom is -0.339 e. The number of nitrogens with zero attached hydrogens (tertiary/aromatic N) is 3. The summed E-state index contributed by atoms with van der Waals surface area (Å²) in [5.41, 5.74) is 2.25. The lowest BCUT2D eigenvalue weighted by atomic mass is 9.91. The highest BCUT2D eigenvalue weighted by molar-refractivity contribution is 7.37. The lowest BCUT2D eigenvalue weighted by molar-refractivity contribution is -0.137. The molecule has 4 rings (SSSR count). The predicted octanol–water partition coefficient (Wildman–Crippen LogP) is 5.75. The van der Waals surface area contributed by atoms with Crippen molar-refractivity contribution in [3.63, 3.8) is 0 Å². The number of carbonyl (C=O) groups excluding carboxylic acids is 2. The first-order valence-electron chi connectivity index (χ1n) is 14.1. The van der Waals surface area contributed by atoms with Gasteiger partial charge >= 0.3 is 0 Å². The smallest absolute Gasteiger partial charge is 0.236 e. The van der Waals surface area contributed by atoms with E-state index in [0.717, 1.165) is 38.2 Å². The molecule has 3 heterocycles. The predicted molar refractivity (Wildman–Crippen MR) is 164 cm³/mol. The van der Waals surface area contributed by atoms with E-state index in [4.69, 9.17) is 0 Å². The molecule has 1 aliphatic heterocycles. The largest absolute Gasteiger partial charge is 0.339 e. The Morgan fingerprint density at radius 1 is 1.10 bits per heavy atom. The van der Waals surface area contributed by atoms with Gasteiger partial charge in [-0.25, -0.2) is 0 Å². The summed E-state index contributed by atoms with van der Waals surface area (Å²) < 4.78 is 1.33. The first-order chi connectivity index (χ1) is 18.6. The molecule has 0 unspecified atom stereocenters. The highest BCUT2D eigenvalue weighted by Gasteiger charge is 2.29. The number of fused-ring (bicyclic) bond motifs is 1. The number of nitrogens with one attached hydrogen (secondary N) is 1. The molecule has 6 nitrogen and oxygen atoms in total. The van der Waals surface area contributed by atoms with Crippen LogP contribution in [-0.2, 0) is 22.7 Å². The molecule has 2 amide bonds. The molecule has 212 valence electrons. The molecule has 2 aromatic heterocycles. The topological polar surface area (TPSA) is 55.9 Å². The normalized spacial score (nSPS) is 15.2. The van der Waals surface area contributed by atoms with Gasteiger partial charge in [-0.15, -0.1) is 22.7 Å². The van der Waals surface area contributed by atoms with Crippen molar-refractivity contribution in [1.29, 1.82) is 0 Å². The van der Waals surface area contributed by atoms with Crippen molar-refractivity contribution >= 4 is 43.9 Å². The molecule has 0 saturated carbocycles. The van der Waals surface area contributed by atoms with E-state index in [2.05, 4.69) is 91.5 Å². The van der Waals surface area contributed by atoms with Gasteiger partial charge in [-0.3, -0.25) is 14.5 Å². The van der Waals surface area contributed by atoms with Gasteiger partial charge in [-0.1, -0.05) is 57.5 Å². The average molecular weight is 569 g/mol. The lowest BCUT2D eigenvalue weighted by Crippen LogP contribution is -2.52. The zero-order chi connectivity index (χ0) is 28.0. The Bertz CT molecular complexity index is 1210. The molecule has 1 saturated heterocycles. The van der Waals surface area contributed by atoms with Crippen LogP contribution in [0.4, 0.5) is 0 Å². The van der Waals surface area contributed by atoms with Crippen molar-refractivity contribution in [2.75, 3.05) is 39.3 Å². The summed E-state index contributed by atoms with van der Waals surface area (Å²) in [5, 5.41) is 6.75. The standard InChI is InChI=1S/C31H44N4O2S2/c1-6-26(35(28(36)18-31(3,4)5)19-24-9-7-8-23(2)16-24)20-33(22-29(37)34-13-11-32-12-14-34)21-27-17-25-10-15-38-30(25)39-27/h7-10,15-17,26,32H,6,11-14,18-22H2,1-5H3/t26-/m0/s1. The zero-order valence-electron chi connectivity index (χ0n) is 24.2. The fraction of sp³-hybridized carbons (Fsp3) is 0.548. The van der Waals surface area contributed by atoms with E-state index in [9.17, 15) is 9.59 Å². The summed E-state index contributed by atoms with van der Waals surface area (Å²) in [6.45, 7) is 16.2. The molecule has 3 aromatic rings. The van der Waals surface area contributed by atoms with Crippen LogP contribution in [0.2, 0.25) is 0 Å². The second-order valence-electron chi connectivity index (χ2n) is 12.0. The van der Waals surface area contributed by atoms with Gasteiger partial charge < -0.3 is 15.1 Å². The van der Waals surface area contributed by atoms with Crippen LogP contribution in [0.3, 0.4) is 0 Å². The van der Waals surface area contributed by atoms with E-state index < -0.39 is 0 Å². The fourth-order valence-corrected chi connectivity index (χ4v) is 7.43. The van der Waals surface area contributed by atoms with Crippen molar-refractivity contribution in [2.45, 2.75) is 66.6 Å². The minimum atomic E-state index is -0.0963. The zero-order valence-corrected chi connectivity index (χ0v) is 25.8. The SMILES string of the molecule is CC[C@@H](CN(CC(=O)N1CCNCC1)Cc1cc2ccsc2s1)N(Cc1cccc(C)c1)C(=O)CC(C)(C)C. The highest BCUT2D eigenvalue weighted by atomic mass is 32.2. The Morgan fingerprint density at radius 3 is 2.54 bits per heavy atom. The van der Waals surface area contributed by atoms with Crippen LogP contribution < -0.4 is 5.32 Å². The highest BCUT2D eigenvalue weighted by Crippen LogP contribution is 2.31. The van der Waals surface area contributed by atoms with Crippen molar-refractivity contribution < 1.29 is 9.59 Å². The Labute approximate surface area is 242 Å². The fourth-order valence-electron chi connectivity index (χ4n) is 5.24. The second kappa shape index (κ2) is 13.4. The van der Waals surface area contributed by atoms with Gasteiger partial charge in [0.05, 0.1) is 10.6 Å². The molecule has 1 atom stereocenters. The van der Waals surface area contributed by atoms with Crippen LogP contribution >= 0.6 is 22.7 Å². The van der Waals surface area contributed by atoms with Crippen LogP contribution in [0.1, 0.15) is 56.5 Å². The molecule has 8 heteroatoms. The Hall–Kier alpha value is -2.26. The van der Waals surface area contributed by atoms with Crippen LogP contribution in [0.5, 0.6) is 0 Å². The quantitative estimate of drug-likeness (QED) is 0.320. The number of aryl methyl sites for hydroxylation is 1. The molecular weight excluding hydrogens is 525 g/mol. The summed E-state index contributed by atoms with van der Waals surface area (Å²) in [5.74, 6) is 0.358. The van der Waals surface area contributed by atoms with Gasteiger partial charge in [-0.05, 0) is 41.8 Å². The van der Waals surface area contributed by atoms with Crippen LogP contribution in [0.25, 0.3) is 9.40 Å². The first-order valence-corrected chi connectivity index (χ1v) is 15.8. The number of rotatable bonds is 11. The summed E-state index contributed by atoms with van der Waals surface area (Å²) in [6, 6.07) is 12.9.